The first-order chi connectivity index (χ1) is 8.87. The van der Waals surface area contributed by atoms with E-state index in [1.807, 2.05) is 6.92 Å². The van der Waals surface area contributed by atoms with Crippen LogP contribution in [0.15, 0.2) is 0 Å². The van der Waals surface area contributed by atoms with Crippen LogP contribution in [0.3, 0.4) is 0 Å². The molecule has 0 aliphatic carbocycles. The largest absolute Gasteiger partial charge is 0.480 e. The average molecular weight is 271 g/mol. The molecule has 2 atom stereocenters. The minimum Gasteiger partial charge on any atom is -0.480 e. The normalized spacial score (nSPS) is 22.0. The van der Waals surface area contributed by atoms with E-state index in [0.717, 1.165) is 0 Å². The Hall–Kier alpha value is -1.79. The molecule has 1 aliphatic heterocycles. The van der Waals surface area contributed by atoms with Crippen molar-refractivity contribution in [3.8, 4) is 0 Å². The average Bonchev–Trinajstić information content (AvgIpc) is 2.32. The number of piperidine rings is 1. The van der Waals surface area contributed by atoms with Gasteiger partial charge in [0.05, 0.1) is 0 Å². The molecule has 1 rings (SSSR count). The molecule has 7 nitrogen and oxygen atoms in total. The lowest BCUT2D eigenvalue weighted by atomic mass is 9.96. The SMILES string of the molecule is CCCC(C)(NC(=O)NC1CCC(=O)NC1)C(=O)O. The van der Waals surface area contributed by atoms with Gasteiger partial charge in [-0.3, -0.25) is 4.79 Å². The summed E-state index contributed by atoms with van der Waals surface area (Å²) in [5.41, 5.74) is -1.27. The Morgan fingerprint density at radius 2 is 2.21 bits per heavy atom. The highest BCUT2D eigenvalue weighted by Gasteiger charge is 2.34. The number of carboxylic acids is 1. The van der Waals surface area contributed by atoms with Crippen LogP contribution < -0.4 is 16.0 Å². The van der Waals surface area contributed by atoms with Crippen LogP contribution in [-0.4, -0.2) is 41.1 Å². The Morgan fingerprint density at radius 1 is 1.53 bits per heavy atom. The molecule has 0 spiro atoms. The fourth-order valence-electron chi connectivity index (χ4n) is 2.05. The Kier molecular flexibility index (Phi) is 5.14. The highest BCUT2D eigenvalue weighted by molar-refractivity contribution is 5.86. The molecule has 1 aliphatic rings. The van der Waals surface area contributed by atoms with Gasteiger partial charge in [0, 0.05) is 19.0 Å². The number of carbonyl (C=O) groups excluding carboxylic acids is 2. The second kappa shape index (κ2) is 6.40. The summed E-state index contributed by atoms with van der Waals surface area (Å²) in [6, 6.07) is -0.670. The van der Waals surface area contributed by atoms with Crippen molar-refractivity contribution in [2.75, 3.05) is 6.54 Å². The minimum absolute atomic E-state index is 0.0279. The molecule has 0 radical (unpaired) electrons. The van der Waals surface area contributed by atoms with Gasteiger partial charge in [0.15, 0.2) is 0 Å². The maximum Gasteiger partial charge on any atom is 0.329 e. The molecular formula is C12H21N3O4. The van der Waals surface area contributed by atoms with Crippen molar-refractivity contribution in [3.63, 3.8) is 0 Å². The molecule has 1 heterocycles. The summed E-state index contributed by atoms with van der Waals surface area (Å²) in [5, 5.41) is 17.0. The Labute approximate surface area is 112 Å². The first-order valence-corrected chi connectivity index (χ1v) is 6.46. The van der Waals surface area contributed by atoms with Gasteiger partial charge < -0.3 is 21.1 Å². The van der Waals surface area contributed by atoms with E-state index in [0.29, 0.717) is 32.2 Å². The molecular weight excluding hydrogens is 250 g/mol. The Balaban J connectivity index is 2.49. The van der Waals surface area contributed by atoms with Crippen LogP contribution >= 0.6 is 0 Å². The van der Waals surface area contributed by atoms with Crippen LogP contribution in [0, 0.1) is 0 Å². The number of urea groups is 1. The highest BCUT2D eigenvalue weighted by Crippen LogP contribution is 2.12. The summed E-state index contributed by atoms with van der Waals surface area (Å²) < 4.78 is 0. The zero-order valence-corrected chi connectivity index (χ0v) is 11.3. The number of rotatable bonds is 5. The van der Waals surface area contributed by atoms with Crippen LogP contribution in [0.4, 0.5) is 4.79 Å². The highest BCUT2D eigenvalue weighted by atomic mass is 16.4. The van der Waals surface area contributed by atoms with Crippen molar-refractivity contribution >= 4 is 17.9 Å². The minimum atomic E-state index is -1.27. The van der Waals surface area contributed by atoms with E-state index < -0.39 is 17.5 Å². The van der Waals surface area contributed by atoms with E-state index in [2.05, 4.69) is 16.0 Å². The van der Waals surface area contributed by atoms with E-state index in [4.69, 9.17) is 5.11 Å². The number of amides is 3. The number of carbonyl (C=O) groups is 3. The van der Waals surface area contributed by atoms with Crippen molar-refractivity contribution in [3.05, 3.63) is 0 Å². The lowest BCUT2D eigenvalue weighted by molar-refractivity contribution is -0.144. The molecule has 7 heteroatoms. The van der Waals surface area contributed by atoms with Gasteiger partial charge in [-0.1, -0.05) is 13.3 Å². The predicted octanol–water partition coefficient (Wildman–Crippen LogP) is 0.208. The molecule has 1 saturated heterocycles. The second-order valence-electron chi connectivity index (χ2n) is 5.03. The third-order valence-corrected chi connectivity index (χ3v) is 3.21. The van der Waals surface area contributed by atoms with Crippen LogP contribution in [0.25, 0.3) is 0 Å². The van der Waals surface area contributed by atoms with Crippen LogP contribution in [0.1, 0.15) is 39.5 Å². The van der Waals surface area contributed by atoms with Gasteiger partial charge in [0.2, 0.25) is 5.91 Å². The molecule has 108 valence electrons. The molecule has 0 aromatic rings. The smallest absolute Gasteiger partial charge is 0.329 e. The lowest BCUT2D eigenvalue weighted by Crippen LogP contribution is -2.58. The van der Waals surface area contributed by atoms with Crippen LogP contribution in [0.5, 0.6) is 0 Å². The van der Waals surface area contributed by atoms with Gasteiger partial charge in [-0.2, -0.15) is 0 Å². The van der Waals surface area contributed by atoms with E-state index in [-0.39, 0.29) is 11.9 Å². The third-order valence-electron chi connectivity index (χ3n) is 3.21. The standard InChI is InChI=1S/C12H21N3O4/c1-3-6-12(2,10(17)18)15-11(19)14-8-4-5-9(16)13-7-8/h8H,3-7H2,1-2H3,(H,13,16)(H,17,18)(H2,14,15,19). The summed E-state index contributed by atoms with van der Waals surface area (Å²) >= 11 is 0. The van der Waals surface area contributed by atoms with Crippen molar-refractivity contribution in [2.24, 2.45) is 0 Å². The maximum absolute atomic E-state index is 11.8. The van der Waals surface area contributed by atoms with Gasteiger partial charge in [-0.15, -0.1) is 0 Å². The molecule has 3 amide bonds. The fraction of sp³-hybridized carbons (Fsp3) is 0.750. The van der Waals surface area contributed by atoms with E-state index in [1.54, 1.807) is 0 Å². The Bertz CT molecular complexity index is 362. The topological polar surface area (TPSA) is 108 Å². The molecule has 0 saturated carbocycles. The van der Waals surface area contributed by atoms with Crippen molar-refractivity contribution in [2.45, 2.75) is 51.1 Å². The number of hydrogen-bond acceptors (Lipinski definition) is 3. The first-order valence-electron chi connectivity index (χ1n) is 6.46. The van der Waals surface area contributed by atoms with Crippen LogP contribution in [-0.2, 0) is 9.59 Å². The zero-order valence-electron chi connectivity index (χ0n) is 11.3. The van der Waals surface area contributed by atoms with E-state index in [9.17, 15) is 14.4 Å². The summed E-state index contributed by atoms with van der Waals surface area (Å²) in [7, 11) is 0. The van der Waals surface area contributed by atoms with E-state index >= 15 is 0 Å². The van der Waals surface area contributed by atoms with Crippen molar-refractivity contribution < 1.29 is 19.5 Å². The summed E-state index contributed by atoms with van der Waals surface area (Å²) in [5.74, 6) is -1.08. The van der Waals surface area contributed by atoms with Gasteiger partial charge in [-0.05, 0) is 19.8 Å². The number of carboxylic acid groups (broad SMARTS) is 1. The zero-order chi connectivity index (χ0) is 14.5. The molecule has 0 aromatic carbocycles. The maximum atomic E-state index is 11.8. The molecule has 0 bridgehead atoms. The predicted molar refractivity (Wildman–Crippen MR) is 68.6 cm³/mol. The first kappa shape index (κ1) is 15.3. The molecule has 1 fully saturated rings. The number of nitrogens with one attached hydrogen (secondary N) is 3. The van der Waals surface area contributed by atoms with Gasteiger partial charge in [-0.25, -0.2) is 9.59 Å². The lowest BCUT2D eigenvalue weighted by Gasteiger charge is -2.29. The summed E-state index contributed by atoms with van der Waals surface area (Å²) in [6.45, 7) is 3.72. The number of hydrogen-bond donors (Lipinski definition) is 4. The molecule has 19 heavy (non-hydrogen) atoms. The summed E-state index contributed by atoms with van der Waals surface area (Å²) in [4.78, 5) is 34.0. The van der Waals surface area contributed by atoms with Gasteiger partial charge >= 0.3 is 12.0 Å². The molecule has 0 aromatic heterocycles. The fourth-order valence-corrected chi connectivity index (χ4v) is 2.05. The monoisotopic (exact) mass is 271 g/mol. The van der Waals surface area contributed by atoms with E-state index in [1.165, 1.54) is 6.92 Å². The number of aliphatic carboxylic acids is 1. The summed E-state index contributed by atoms with van der Waals surface area (Å²) in [6.07, 6.45) is 1.95. The quantitative estimate of drug-likeness (QED) is 0.573. The van der Waals surface area contributed by atoms with Crippen molar-refractivity contribution in [1.82, 2.24) is 16.0 Å². The molecule has 2 unspecified atom stereocenters. The second-order valence-corrected chi connectivity index (χ2v) is 5.03. The van der Waals surface area contributed by atoms with Gasteiger partial charge in [0.1, 0.15) is 5.54 Å². The molecule has 4 N–H and O–H groups in total. The Morgan fingerprint density at radius 3 is 2.68 bits per heavy atom. The van der Waals surface area contributed by atoms with Gasteiger partial charge in [0.25, 0.3) is 0 Å². The van der Waals surface area contributed by atoms with Crippen LogP contribution in [0.2, 0.25) is 0 Å². The van der Waals surface area contributed by atoms with Crippen molar-refractivity contribution in [1.29, 1.82) is 0 Å². The third kappa shape index (κ3) is 4.42.